The van der Waals surface area contributed by atoms with Gasteiger partial charge in [0.1, 0.15) is 5.76 Å². The molecule has 5 heteroatoms. The quantitative estimate of drug-likeness (QED) is 0.792. The van der Waals surface area contributed by atoms with Crippen LogP contribution in [0.1, 0.15) is 37.8 Å². The van der Waals surface area contributed by atoms with Gasteiger partial charge in [-0.25, -0.2) is 0 Å². The molecule has 1 N–H and O–H groups in total. The molecule has 0 amide bonds. The van der Waals surface area contributed by atoms with E-state index in [1.807, 2.05) is 13.8 Å². The Bertz CT molecular complexity index is 813. The Hall–Kier alpha value is -2.14. The van der Waals surface area contributed by atoms with Crippen molar-refractivity contribution in [3.05, 3.63) is 35.3 Å². The summed E-state index contributed by atoms with van der Waals surface area (Å²) < 4.78 is 5.31. The average molecular weight is 312 g/mol. The van der Waals surface area contributed by atoms with Crippen LogP contribution in [-0.4, -0.2) is 33.3 Å². The van der Waals surface area contributed by atoms with E-state index in [1.54, 1.807) is 0 Å². The van der Waals surface area contributed by atoms with E-state index < -0.39 is 0 Å². The third-order valence-corrected chi connectivity index (χ3v) is 4.79. The van der Waals surface area contributed by atoms with Crippen molar-refractivity contribution >= 4 is 10.9 Å². The summed E-state index contributed by atoms with van der Waals surface area (Å²) in [7, 11) is 0. The number of aryl methyl sites for hydroxylation is 2. The molecule has 0 radical (unpaired) electrons. The van der Waals surface area contributed by atoms with Crippen LogP contribution in [0.25, 0.3) is 22.0 Å². The Labute approximate surface area is 137 Å². The summed E-state index contributed by atoms with van der Waals surface area (Å²) in [5.41, 5.74) is 5.40. The number of aromatic nitrogens is 3. The predicted octanol–water partition coefficient (Wildman–Crippen LogP) is 4.07. The van der Waals surface area contributed by atoms with E-state index in [0.29, 0.717) is 0 Å². The van der Waals surface area contributed by atoms with Gasteiger partial charge in [-0.2, -0.15) is 5.10 Å². The second-order valence-electron chi connectivity index (χ2n) is 6.47. The summed E-state index contributed by atoms with van der Waals surface area (Å²) in [4.78, 5) is 2.51. The molecule has 4 rings (SSSR count). The van der Waals surface area contributed by atoms with Crippen LogP contribution >= 0.6 is 0 Å². The molecule has 0 bridgehead atoms. The number of benzene rings is 1. The number of nitrogens with zero attached hydrogens (tertiary/aromatic N) is 3. The Morgan fingerprint density at radius 3 is 2.78 bits per heavy atom. The zero-order valence-corrected chi connectivity index (χ0v) is 13.7. The number of fused-ring (bicyclic) bond motifs is 1. The number of hydrogen-bond acceptors (Lipinski definition) is 4. The molecule has 122 valence electrons. The van der Waals surface area contributed by atoms with Crippen molar-refractivity contribution in [2.45, 2.75) is 39.7 Å². The maximum atomic E-state index is 5.31. The van der Waals surface area contributed by atoms with E-state index in [0.717, 1.165) is 34.6 Å². The molecule has 3 aromatic rings. The van der Waals surface area contributed by atoms with Gasteiger partial charge in [0.05, 0.1) is 16.9 Å². The summed E-state index contributed by atoms with van der Waals surface area (Å²) in [5, 5.41) is 13.0. The highest BCUT2D eigenvalue weighted by Crippen LogP contribution is 2.30. The normalized spacial score (nSPS) is 16.3. The van der Waals surface area contributed by atoms with Crippen LogP contribution in [0.4, 0.5) is 0 Å². The third-order valence-electron chi connectivity index (χ3n) is 4.79. The summed E-state index contributed by atoms with van der Waals surface area (Å²) >= 11 is 0. The second-order valence-corrected chi connectivity index (χ2v) is 6.47. The summed E-state index contributed by atoms with van der Waals surface area (Å²) in [6.07, 6.45) is 3.96. The minimum Gasteiger partial charge on any atom is -0.361 e. The van der Waals surface area contributed by atoms with Crippen molar-refractivity contribution in [1.29, 1.82) is 0 Å². The Morgan fingerprint density at radius 1 is 1.22 bits per heavy atom. The monoisotopic (exact) mass is 312 g/mol. The number of hydrogen-bond donors (Lipinski definition) is 1. The van der Waals surface area contributed by atoms with Gasteiger partial charge in [0.25, 0.3) is 0 Å². The molecule has 1 fully saturated rings. The Balaban J connectivity index is 0.00000169. The van der Waals surface area contributed by atoms with Gasteiger partial charge < -0.3 is 4.52 Å². The SMILES string of the molecule is Cc1noc(C)c1-c1ccc2n[nH]c(CN3CCCCC3)c2c1.[HH]. The number of piperidine rings is 1. The molecule has 0 spiro atoms. The lowest BCUT2D eigenvalue weighted by Gasteiger charge is -2.25. The summed E-state index contributed by atoms with van der Waals surface area (Å²) in [6.45, 7) is 7.26. The molecule has 0 atom stereocenters. The first-order valence-electron chi connectivity index (χ1n) is 8.35. The van der Waals surface area contributed by atoms with Crippen LogP contribution in [0.2, 0.25) is 0 Å². The minimum atomic E-state index is 0. The highest BCUT2D eigenvalue weighted by Gasteiger charge is 2.16. The lowest BCUT2D eigenvalue weighted by atomic mass is 10.0. The first kappa shape index (κ1) is 14.5. The van der Waals surface area contributed by atoms with E-state index >= 15 is 0 Å². The maximum absolute atomic E-state index is 5.31. The fraction of sp³-hybridized carbons (Fsp3) is 0.444. The molecule has 1 aliphatic rings. The fourth-order valence-electron chi connectivity index (χ4n) is 3.58. The van der Waals surface area contributed by atoms with Gasteiger partial charge in [0, 0.05) is 18.9 Å². The zero-order valence-electron chi connectivity index (χ0n) is 13.7. The van der Waals surface area contributed by atoms with Crippen molar-refractivity contribution < 1.29 is 5.95 Å². The number of H-pyrrole nitrogens is 1. The predicted molar refractivity (Wildman–Crippen MR) is 92.3 cm³/mol. The maximum Gasteiger partial charge on any atom is 0.141 e. The van der Waals surface area contributed by atoms with Crippen molar-refractivity contribution in [1.82, 2.24) is 20.3 Å². The summed E-state index contributed by atoms with van der Waals surface area (Å²) in [5.74, 6) is 0.864. The molecule has 5 nitrogen and oxygen atoms in total. The molecular weight excluding hydrogens is 288 g/mol. The lowest BCUT2D eigenvalue weighted by molar-refractivity contribution is 0.219. The lowest BCUT2D eigenvalue weighted by Crippen LogP contribution is -2.29. The van der Waals surface area contributed by atoms with Crippen molar-refractivity contribution in [2.24, 2.45) is 0 Å². The highest BCUT2D eigenvalue weighted by atomic mass is 16.5. The third kappa shape index (κ3) is 2.65. The molecule has 2 aromatic heterocycles. The van der Waals surface area contributed by atoms with E-state index in [4.69, 9.17) is 4.52 Å². The van der Waals surface area contributed by atoms with Gasteiger partial charge >= 0.3 is 0 Å². The average Bonchev–Trinajstić information content (AvgIpc) is 3.12. The minimum absolute atomic E-state index is 0. The molecule has 1 saturated heterocycles. The number of aromatic amines is 1. The van der Waals surface area contributed by atoms with E-state index in [-0.39, 0.29) is 1.43 Å². The zero-order chi connectivity index (χ0) is 15.8. The van der Waals surface area contributed by atoms with Gasteiger partial charge in [0.15, 0.2) is 0 Å². The van der Waals surface area contributed by atoms with Crippen molar-refractivity contribution in [3.63, 3.8) is 0 Å². The van der Waals surface area contributed by atoms with Crippen molar-refractivity contribution in [2.75, 3.05) is 13.1 Å². The van der Waals surface area contributed by atoms with Crippen molar-refractivity contribution in [3.8, 4) is 11.1 Å². The number of nitrogens with one attached hydrogen (secondary N) is 1. The fourth-order valence-corrected chi connectivity index (χ4v) is 3.58. The standard InChI is InChI=1S/C18H22N4O.H2/c1-12-18(13(2)23-21-12)14-6-7-16-15(10-14)17(20-19-16)11-22-8-4-3-5-9-22;/h6-7,10H,3-5,8-9,11H2,1-2H3,(H,19,20);1H. The first-order valence-corrected chi connectivity index (χ1v) is 8.35. The molecule has 0 saturated carbocycles. The molecule has 0 aliphatic carbocycles. The largest absolute Gasteiger partial charge is 0.361 e. The molecule has 0 unspecified atom stereocenters. The molecular formula is C18H24N4O. The van der Waals surface area contributed by atoms with E-state index in [1.165, 1.54) is 43.4 Å². The molecule has 23 heavy (non-hydrogen) atoms. The van der Waals surface area contributed by atoms with Gasteiger partial charge in [-0.1, -0.05) is 17.6 Å². The van der Waals surface area contributed by atoms with Gasteiger partial charge in [-0.15, -0.1) is 0 Å². The van der Waals surface area contributed by atoms with Crippen LogP contribution in [0.3, 0.4) is 0 Å². The number of rotatable bonds is 3. The van der Waals surface area contributed by atoms with Crippen LogP contribution in [0, 0.1) is 13.8 Å². The topological polar surface area (TPSA) is 58.0 Å². The molecule has 3 heterocycles. The number of likely N-dealkylation sites (tertiary alicyclic amines) is 1. The molecule has 1 aromatic carbocycles. The summed E-state index contributed by atoms with van der Waals surface area (Å²) in [6, 6.07) is 6.39. The molecule has 1 aliphatic heterocycles. The highest BCUT2D eigenvalue weighted by molar-refractivity contribution is 5.87. The Kier molecular flexibility index (Phi) is 3.65. The van der Waals surface area contributed by atoms with Gasteiger partial charge in [0.2, 0.25) is 0 Å². The van der Waals surface area contributed by atoms with Crippen LogP contribution in [0.5, 0.6) is 0 Å². The van der Waals surface area contributed by atoms with Crippen LogP contribution in [-0.2, 0) is 6.54 Å². The van der Waals surface area contributed by atoms with Crippen LogP contribution in [0.15, 0.2) is 22.7 Å². The van der Waals surface area contributed by atoms with E-state index in [2.05, 4.69) is 38.5 Å². The second kappa shape index (κ2) is 5.81. The Morgan fingerprint density at radius 2 is 2.04 bits per heavy atom. The van der Waals surface area contributed by atoms with Gasteiger partial charge in [-0.3, -0.25) is 10.00 Å². The van der Waals surface area contributed by atoms with Crippen LogP contribution < -0.4 is 0 Å². The first-order chi connectivity index (χ1) is 11.2. The van der Waals surface area contributed by atoms with E-state index in [9.17, 15) is 0 Å². The smallest absolute Gasteiger partial charge is 0.141 e. The van der Waals surface area contributed by atoms with Gasteiger partial charge in [-0.05, 0) is 57.5 Å².